The summed E-state index contributed by atoms with van der Waals surface area (Å²) in [5, 5.41) is 6.31. The van der Waals surface area contributed by atoms with Crippen molar-refractivity contribution in [3.63, 3.8) is 0 Å². The van der Waals surface area contributed by atoms with Gasteiger partial charge in [0, 0.05) is 10.6 Å². The van der Waals surface area contributed by atoms with Gasteiger partial charge in [0.15, 0.2) is 0 Å². The van der Waals surface area contributed by atoms with Crippen LogP contribution in [0.3, 0.4) is 0 Å². The number of benzene rings is 2. The molecule has 0 aliphatic rings. The van der Waals surface area contributed by atoms with Gasteiger partial charge in [-0.25, -0.2) is 0 Å². The van der Waals surface area contributed by atoms with Crippen molar-refractivity contribution in [2.75, 3.05) is 13.2 Å². The lowest BCUT2D eigenvalue weighted by atomic mass is 9.98. The second kappa shape index (κ2) is 10.6. The van der Waals surface area contributed by atoms with E-state index in [1.165, 1.54) is 0 Å². The standard InChI is InChI=1S/C21H25ClN2O3/c1-3-15(2)19(24-20(25)16-7-5-4-6-8-16)21(26)23-13-14-27-18-11-9-17(22)10-12-18/h4-12,15,19H,3,13-14H2,1-2H3,(H,23,26)(H,24,25)/t15-,19-/m0/s1. The molecule has 0 saturated carbocycles. The van der Waals surface area contributed by atoms with Crippen LogP contribution in [-0.4, -0.2) is 31.0 Å². The van der Waals surface area contributed by atoms with Gasteiger partial charge in [0.25, 0.3) is 5.91 Å². The quantitative estimate of drug-likeness (QED) is 0.644. The van der Waals surface area contributed by atoms with Crippen molar-refractivity contribution in [2.24, 2.45) is 5.92 Å². The summed E-state index contributed by atoms with van der Waals surface area (Å²) in [6.45, 7) is 4.60. The van der Waals surface area contributed by atoms with Crippen molar-refractivity contribution in [2.45, 2.75) is 26.3 Å². The molecule has 0 heterocycles. The van der Waals surface area contributed by atoms with Crippen molar-refractivity contribution >= 4 is 23.4 Å². The molecule has 2 aromatic rings. The number of hydrogen-bond acceptors (Lipinski definition) is 3. The summed E-state index contributed by atoms with van der Waals surface area (Å²) in [5.74, 6) is 0.223. The molecule has 2 amide bonds. The van der Waals surface area contributed by atoms with Crippen molar-refractivity contribution < 1.29 is 14.3 Å². The fourth-order valence-electron chi connectivity index (χ4n) is 2.50. The molecular formula is C21H25ClN2O3. The zero-order chi connectivity index (χ0) is 19.6. The van der Waals surface area contributed by atoms with Crippen LogP contribution < -0.4 is 15.4 Å². The Bertz CT molecular complexity index is 735. The van der Waals surface area contributed by atoms with Gasteiger partial charge in [0.1, 0.15) is 18.4 Å². The number of amides is 2. The van der Waals surface area contributed by atoms with Gasteiger partial charge in [-0.05, 0) is 42.3 Å². The first kappa shape index (κ1) is 20.8. The molecule has 2 N–H and O–H groups in total. The second-order valence-electron chi connectivity index (χ2n) is 6.30. The molecule has 0 radical (unpaired) electrons. The van der Waals surface area contributed by atoms with E-state index in [-0.39, 0.29) is 17.7 Å². The minimum atomic E-state index is -0.599. The molecule has 27 heavy (non-hydrogen) atoms. The Hall–Kier alpha value is -2.53. The Labute approximate surface area is 165 Å². The highest BCUT2D eigenvalue weighted by molar-refractivity contribution is 6.30. The van der Waals surface area contributed by atoms with E-state index in [4.69, 9.17) is 16.3 Å². The summed E-state index contributed by atoms with van der Waals surface area (Å²) in [7, 11) is 0. The van der Waals surface area contributed by atoms with Gasteiger partial charge in [0.2, 0.25) is 5.91 Å². The highest BCUT2D eigenvalue weighted by atomic mass is 35.5. The molecule has 0 spiro atoms. The van der Waals surface area contributed by atoms with E-state index in [0.29, 0.717) is 29.5 Å². The van der Waals surface area contributed by atoms with Crippen LogP contribution in [0.15, 0.2) is 54.6 Å². The highest BCUT2D eigenvalue weighted by Crippen LogP contribution is 2.15. The van der Waals surface area contributed by atoms with E-state index in [2.05, 4.69) is 10.6 Å². The summed E-state index contributed by atoms with van der Waals surface area (Å²) in [4.78, 5) is 25.0. The minimum Gasteiger partial charge on any atom is -0.492 e. The molecular weight excluding hydrogens is 364 g/mol. The number of carbonyl (C=O) groups excluding carboxylic acids is 2. The summed E-state index contributed by atoms with van der Waals surface area (Å²) in [5.41, 5.74) is 0.532. The van der Waals surface area contributed by atoms with Gasteiger partial charge in [0.05, 0.1) is 6.54 Å². The maximum atomic E-state index is 12.6. The summed E-state index contributed by atoms with van der Waals surface area (Å²) in [6, 6.07) is 15.3. The number of halogens is 1. The highest BCUT2D eigenvalue weighted by Gasteiger charge is 2.26. The van der Waals surface area contributed by atoms with Crippen LogP contribution in [0.4, 0.5) is 0 Å². The van der Waals surface area contributed by atoms with E-state index >= 15 is 0 Å². The van der Waals surface area contributed by atoms with Gasteiger partial charge in [-0.15, -0.1) is 0 Å². The second-order valence-corrected chi connectivity index (χ2v) is 6.73. The van der Waals surface area contributed by atoms with E-state index in [9.17, 15) is 9.59 Å². The molecule has 0 aliphatic heterocycles. The Morgan fingerprint density at radius 2 is 1.74 bits per heavy atom. The third kappa shape index (κ3) is 6.61. The lowest BCUT2D eigenvalue weighted by molar-refractivity contribution is -0.124. The fraction of sp³-hybridized carbons (Fsp3) is 0.333. The SMILES string of the molecule is CC[C@H](C)[C@H](NC(=O)c1ccccc1)C(=O)NCCOc1ccc(Cl)cc1. The third-order valence-corrected chi connectivity index (χ3v) is 4.55. The Kier molecular flexibility index (Phi) is 8.14. The molecule has 2 rings (SSSR count). The lowest BCUT2D eigenvalue weighted by Gasteiger charge is -2.23. The summed E-state index contributed by atoms with van der Waals surface area (Å²) in [6.07, 6.45) is 0.772. The van der Waals surface area contributed by atoms with Crippen molar-refractivity contribution in [1.82, 2.24) is 10.6 Å². The van der Waals surface area contributed by atoms with Gasteiger partial charge in [-0.1, -0.05) is 50.1 Å². The van der Waals surface area contributed by atoms with Gasteiger partial charge >= 0.3 is 0 Å². The zero-order valence-electron chi connectivity index (χ0n) is 15.6. The van der Waals surface area contributed by atoms with Crippen molar-refractivity contribution in [3.8, 4) is 5.75 Å². The number of carbonyl (C=O) groups is 2. The van der Waals surface area contributed by atoms with Crippen LogP contribution in [0.5, 0.6) is 5.75 Å². The van der Waals surface area contributed by atoms with Crippen LogP contribution in [0.2, 0.25) is 5.02 Å². The zero-order valence-corrected chi connectivity index (χ0v) is 16.3. The Morgan fingerprint density at radius 1 is 1.07 bits per heavy atom. The van der Waals surface area contributed by atoms with Crippen molar-refractivity contribution in [1.29, 1.82) is 0 Å². The Morgan fingerprint density at radius 3 is 2.37 bits per heavy atom. The lowest BCUT2D eigenvalue weighted by Crippen LogP contribution is -2.50. The predicted molar refractivity (Wildman–Crippen MR) is 107 cm³/mol. The summed E-state index contributed by atoms with van der Waals surface area (Å²) >= 11 is 5.83. The number of nitrogens with one attached hydrogen (secondary N) is 2. The first-order valence-corrected chi connectivity index (χ1v) is 9.41. The van der Waals surface area contributed by atoms with Gasteiger partial charge in [-0.2, -0.15) is 0 Å². The van der Waals surface area contributed by atoms with E-state index in [1.807, 2.05) is 19.9 Å². The number of ether oxygens (including phenoxy) is 1. The maximum absolute atomic E-state index is 12.6. The summed E-state index contributed by atoms with van der Waals surface area (Å²) < 4.78 is 5.57. The molecule has 144 valence electrons. The largest absolute Gasteiger partial charge is 0.492 e. The smallest absolute Gasteiger partial charge is 0.251 e. The topological polar surface area (TPSA) is 67.4 Å². The van der Waals surface area contributed by atoms with Crippen LogP contribution in [0, 0.1) is 5.92 Å². The molecule has 0 aliphatic carbocycles. The normalized spacial score (nSPS) is 12.7. The molecule has 0 saturated heterocycles. The molecule has 0 bridgehead atoms. The monoisotopic (exact) mass is 388 g/mol. The molecule has 0 fully saturated rings. The molecule has 6 heteroatoms. The number of hydrogen-bond donors (Lipinski definition) is 2. The average Bonchev–Trinajstić information content (AvgIpc) is 2.70. The molecule has 5 nitrogen and oxygen atoms in total. The Balaban J connectivity index is 1.86. The van der Waals surface area contributed by atoms with E-state index < -0.39 is 6.04 Å². The molecule has 2 atom stereocenters. The fourth-order valence-corrected chi connectivity index (χ4v) is 2.63. The minimum absolute atomic E-state index is 0.00912. The predicted octanol–water partition coefficient (Wildman–Crippen LogP) is 3.68. The molecule has 0 aromatic heterocycles. The average molecular weight is 389 g/mol. The van der Waals surface area contributed by atoms with Crippen LogP contribution >= 0.6 is 11.6 Å². The van der Waals surface area contributed by atoms with Crippen LogP contribution in [-0.2, 0) is 4.79 Å². The first-order valence-electron chi connectivity index (χ1n) is 9.03. The van der Waals surface area contributed by atoms with E-state index in [1.54, 1.807) is 48.5 Å². The van der Waals surface area contributed by atoms with Gasteiger partial charge in [-0.3, -0.25) is 9.59 Å². The molecule has 2 aromatic carbocycles. The van der Waals surface area contributed by atoms with Crippen molar-refractivity contribution in [3.05, 3.63) is 65.2 Å². The van der Waals surface area contributed by atoms with E-state index in [0.717, 1.165) is 6.42 Å². The van der Waals surface area contributed by atoms with Gasteiger partial charge < -0.3 is 15.4 Å². The number of rotatable bonds is 9. The first-order chi connectivity index (χ1) is 13.0. The third-order valence-electron chi connectivity index (χ3n) is 4.30. The van der Waals surface area contributed by atoms with Crippen LogP contribution in [0.1, 0.15) is 30.6 Å². The maximum Gasteiger partial charge on any atom is 0.251 e. The van der Waals surface area contributed by atoms with Crippen LogP contribution in [0.25, 0.3) is 0 Å². The molecule has 0 unspecified atom stereocenters.